The van der Waals surface area contributed by atoms with Gasteiger partial charge < -0.3 is 89.9 Å². The molecule has 0 aromatic carbocycles. The zero-order chi connectivity index (χ0) is 59.0. The fourth-order valence-corrected chi connectivity index (χ4v) is 11.3. The van der Waals surface area contributed by atoms with Crippen LogP contribution in [0.4, 0.5) is 0 Å². The van der Waals surface area contributed by atoms with Crippen molar-refractivity contribution in [3.05, 3.63) is 12.2 Å². The molecule has 3 heterocycles. The van der Waals surface area contributed by atoms with Crippen molar-refractivity contribution in [3.8, 4) is 0 Å². The number of ether oxygens (including phenoxy) is 6. The first-order chi connectivity index (χ1) is 39.3. The van der Waals surface area contributed by atoms with Gasteiger partial charge in [0.1, 0.15) is 73.2 Å². The van der Waals surface area contributed by atoms with Gasteiger partial charge in [0.15, 0.2) is 18.9 Å². The van der Waals surface area contributed by atoms with Crippen LogP contribution >= 0.6 is 0 Å². The summed E-state index contributed by atoms with van der Waals surface area (Å²) in [5.74, 6) is -0.277. The summed E-state index contributed by atoms with van der Waals surface area (Å²) < 4.78 is 34.1. The van der Waals surface area contributed by atoms with Gasteiger partial charge in [-0.2, -0.15) is 0 Å². The maximum atomic E-state index is 13.2. The van der Waals surface area contributed by atoms with E-state index in [9.17, 15) is 61.0 Å². The number of carbonyl (C=O) groups is 1. The smallest absolute Gasteiger partial charge is 0.220 e. The summed E-state index contributed by atoms with van der Waals surface area (Å²) in [4.78, 5) is 13.2. The minimum atomic E-state index is -1.97. The lowest BCUT2D eigenvalue weighted by Crippen LogP contribution is -2.66. The molecule has 19 heteroatoms. The van der Waals surface area contributed by atoms with Gasteiger partial charge in [0, 0.05) is 6.42 Å². The highest BCUT2D eigenvalue weighted by molar-refractivity contribution is 5.76. The standard InChI is InChI=1S/C62H117NO18/c1-3-5-7-9-11-12-13-14-15-16-17-18-19-20-21-22-23-24-25-26-27-28-29-30-31-32-33-34-36-38-40-50(68)63-45(46(67)39-37-35-10-8-6-4-2)44-76-60-56(74)53(71)58(48(42-65)78-60)81-62-57(75)54(72)59(49(43-66)79-62)80-61-55(73)52(70)51(69)47(41-64)77-61/h37,39,45-49,51-62,64-67,69-75H,3-36,38,40-44H2,1-2H3,(H,63,68)/b39-37+. The third kappa shape index (κ3) is 29.2. The molecule has 0 spiro atoms. The van der Waals surface area contributed by atoms with Crippen LogP contribution < -0.4 is 5.32 Å². The second-order valence-electron chi connectivity index (χ2n) is 23.6. The second kappa shape index (κ2) is 45.8. The number of amides is 1. The number of unbranched alkanes of at least 4 members (excludes halogenated alkanes) is 33. The van der Waals surface area contributed by atoms with Gasteiger partial charge in [-0.15, -0.1) is 0 Å². The molecule has 0 bridgehead atoms. The Labute approximate surface area is 486 Å². The predicted octanol–water partition coefficient (Wildman–Crippen LogP) is 6.94. The molecule has 17 unspecified atom stereocenters. The van der Waals surface area contributed by atoms with Gasteiger partial charge in [0.25, 0.3) is 0 Å². The topological polar surface area (TPSA) is 307 Å². The summed E-state index contributed by atoms with van der Waals surface area (Å²) in [5.41, 5.74) is 0. The van der Waals surface area contributed by atoms with E-state index in [2.05, 4.69) is 19.2 Å². The summed E-state index contributed by atoms with van der Waals surface area (Å²) in [6.07, 6.45) is 21.4. The summed E-state index contributed by atoms with van der Waals surface area (Å²) >= 11 is 0. The first kappa shape index (κ1) is 73.8. The quantitative estimate of drug-likeness (QED) is 0.0217. The average molecular weight is 1160 g/mol. The third-order valence-electron chi connectivity index (χ3n) is 16.6. The zero-order valence-corrected chi connectivity index (χ0v) is 50.0. The lowest BCUT2D eigenvalue weighted by atomic mass is 9.96. The van der Waals surface area contributed by atoms with Gasteiger partial charge in [-0.25, -0.2) is 0 Å². The first-order valence-corrected chi connectivity index (χ1v) is 32.4. The largest absolute Gasteiger partial charge is 0.394 e. The number of allylic oxidation sites excluding steroid dienone is 1. The van der Waals surface area contributed by atoms with Crippen LogP contribution in [0, 0.1) is 0 Å². The van der Waals surface area contributed by atoms with E-state index in [1.54, 1.807) is 6.08 Å². The first-order valence-electron chi connectivity index (χ1n) is 32.4. The van der Waals surface area contributed by atoms with Crippen LogP contribution in [0.5, 0.6) is 0 Å². The Morgan fingerprint density at radius 1 is 0.432 bits per heavy atom. The van der Waals surface area contributed by atoms with E-state index < -0.39 is 124 Å². The van der Waals surface area contributed by atoms with E-state index in [1.165, 1.54) is 167 Å². The van der Waals surface area contributed by atoms with Gasteiger partial charge in [0.2, 0.25) is 5.91 Å². The molecule has 3 fully saturated rings. The van der Waals surface area contributed by atoms with Crippen LogP contribution in [0.2, 0.25) is 0 Å². The molecule has 12 N–H and O–H groups in total. The summed E-state index contributed by atoms with van der Waals surface area (Å²) in [6, 6.07) is -0.965. The van der Waals surface area contributed by atoms with E-state index in [-0.39, 0.29) is 18.9 Å². The van der Waals surface area contributed by atoms with Gasteiger partial charge in [-0.3, -0.25) is 4.79 Å². The molecule has 478 valence electrons. The molecule has 0 aliphatic carbocycles. The summed E-state index contributed by atoms with van der Waals surface area (Å²) in [7, 11) is 0. The van der Waals surface area contributed by atoms with Crippen LogP contribution in [-0.2, 0) is 33.2 Å². The fraction of sp³-hybridized carbons (Fsp3) is 0.952. The Balaban J connectivity index is 1.31. The van der Waals surface area contributed by atoms with Crippen LogP contribution in [0.15, 0.2) is 12.2 Å². The van der Waals surface area contributed by atoms with E-state index in [0.29, 0.717) is 6.42 Å². The maximum Gasteiger partial charge on any atom is 0.220 e. The monoisotopic (exact) mass is 1160 g/mol. The van der Waals surface area contributed by atoms with E-state index in [0.717, 1.165) is 51.4 Å². The highest BCUT2D eigenvalue weighted by Crippen LogP contribution is 2.33. The molecule has 3 aliphatic heterocycles. The molecule has 3 saturated heterocycles. The van der Waals surface area contributed by atoms with E-state index in [1.807, 2.05) is 6.08 Å². The number of rotatable bonds is 49. The van der Waals surface area contributed by atoms with Gasteiger partial charge in [-0.1, -0.05) is 231 Å². The number of nitrogens with one attached hydrogen (secondary N) is 1. The summed E-state index contributed by atoms with van der Waals surface area (Å²) in [6.45, 7) is 1.65. The minimum absolute atomic E-state index is 0.248. The SMILES string of the molecule is CCCCCC/C=C/C(O)C(COC1OC(CO)C(OC2OC(CO)C(OC3OC(CO)C(O)C(O)C3O)C(O)C2O)C(O)C1O)NC(=O)CCCCCCCCCCCCCCCCCCCCCCCCCCCCCCCC. The molecular weight excluding hydrogens is 1050 g/mol. The van der Waals surface area contributed by atoms with Gasteiger partial charge in [0.05, 0.1) is 38.6 Å². The van der Waals surface area contributed by atoms with Crippen molar-refractivity contribution in [1.29, 1.82) is 0 Å². The Bertz CT molecular complexity index is 1530. The van der Waals surface area contributed by atoms with Gasteiger partial charge >= 0.3 is 0 Å². The number of hydrogen-bond acceptors (Lipinski definition) is 18. The maximum absolute atomic E-state index is 13.2. The average Bonchev–Trinajstić information content (AvgIpc) is 3.57. The van der Waals surface area contributed by atoms with Crippen molar-refractivity contribution < 1.29 is 89.4 Å². The van der Waals surface area contributed by atoms with Crippen molar-refractivity contribution in [3.63, 3.8) is 0 Å². The Hall–Kier alpha value is -1.47. The number of carbonyl (C=O) groups excluding carboxylic acids is 1. The number of aliphatic hydroxyl groups excluding tert-OH is 11. The van der Waals surface area contributed by atoms with Crippen LogP contribution in [0.25, 0.3) is 0 Å². The molecular formula is C62H117NO18. The molecule has 1 amide bonds. The van der Waals surface area contributed by atoms with Gasteiger partial charge in [-0.05, 0) is 19.3 Å². The summed E-state index contributed by atoms with van der Waals surface area (Å²) in [5, 5.41) is 120. The van der Waals surface area contributed by atoms with Crippen molar-refractivity contribution in [2.24, 2.45) is 0 Å². The molecule has 19 nitrogen and oxygen atoms in total. The molecule has 3 aliphatic rings. The lowest BCUT2D eigenvalue weighted by molar-refractivity contribution is -0.379. The van der Waals surface area contributed by atoms with E-state index >= 15 is 0 Å². The molecule has 3 rings (SSSR count). The molecule has 0 saturated carbocycles. The van der Waals surface area contributed by atoms with Crippen LogP contribution in [0.3, 0.4) is 0 Å². The molecule has 0 radical (unpaired) electrons. The molecule has 0 aromatic rings. The number of aliphatic hydroxyl groups is 11. The van der Waals surface area contributed by atoms with Crippen molar-refractivity contribution in [2.75, 3.05) is 26.4 Å². The predicted molar refractivity (Wildman–Crippen MR) is 310 cm³/mol. The molecule has 81 heavy (non-hydrogen) atoms. The minimum Gasteiger partial charge on any atom is -0.394 e. The lowest BCUT2D eigenvalue weighted by Gasteiger charge is -2.48. The van der Waals surface area contributed by atoms with E-state index in [4.69, 9.17) is 28.4 Å². The number of hydrogen-bond donors (Lipinski definition) is 12. The normalized spacial score (nSPS) is 29.8. The second-order valence-corrected chi connectivity index (χ2v) is 23.6. The highest BCUT2D eigenvalue weighted by atomic mass is 16.8. The zero-order valence-electron chi connectivity index (χ0n) is 50.0. The Morgan fingerprint density at radius 3 is 1.16 bits per heavy atom. The highest BCUT2D eigenvalue weighted by Gasteiger charge is 2.53. The van der Waals surface area contributed by atoms with Crippen molar-refractivity contribution in [2.45, 2.75) is 349 Å². The fourth-order valence-electron chi connectivity index (χ4n) is 11.3. The third-order valence-corrected chi connectivity index (χ3v) is 16.6. The van der Waals surface area contributed by atoms with Crippen molar-refractivity contribution in [1.82, 2.24) is 5.32 Å². The van der Waals surface area contributed by atoms with Crippen LogP contribution in [0.1, 0.15) is 245 Å². The molecule has 17 atom stereocenters. The Kier molecular flexibility index (Phi) is 41.7. The van der Waals surface area contributed by atoms with Crippen molar-refractivity contribution >= 4 is 5.91 Å². The van der Waals surface area contributed by atoms with Crippen LogP contribution in [-0.4, -0.2) is 193 Å². The molecule has 0 aromatic heterocycles. The Morgan fingerprint density at radius 2 is 0.765 bits per heavy atom.